The van der Waals surface area contributed by atoms with Crippen molar-refractivity contribution < 1.29 is 19.4 Å². The van der Waals surface area contributed by atoms with E-state index in [0.29, 0.717) is 24.5 Å². The molecule has 31 heavy (non-hydrogen) atoms. The topological polar surface area (TPSA) is 55.8 Å². The van der Waals surface area contributed by atoms with Gasteiger partial charge < -0.3 is 14.6 Å². The van der Waals surface area contributed by atoms with Gasteiger partial charge in [0, 0.05) is 0 Å². The number of unbranched alkanes of at least 4 members (excludes halogenated alkanes) is 8. The Bertz CT molecular complexity index is 767. The van der Waals surface area contributed by atoms with E-state index in [2.05, 4.69) is 13.8 Å². The number of hydrogen-bond donors (Lipinski definition) is 1. The SMILES string of the molecule is CCCCCCCCOc1ccc(C(=O)O)c(-c2ccc(OCCCCCC)cc2)c1. The molecule has 0 fully saturated rings. The number of carboxylic acid groups (broad SMARTS) is 1. The molecule has 170 valence electrons. The van der Waals surface area contributed by atoms with Crippen molar-refractivity contribution in [3.8, 4) is 22.6 Å². The minimum absolute atomic E-state index is 0.278. The molecule has 0 atom stereocenters. The quantitative estimate of drug-likeness (QED) is 0.279. The first kappa shape index (κ1) is 24.8. The number of ether oxygens (including phenoxy) is 2. The van der Waals surface area contributed by atoms with Crippen LogP contribution in [0.25, 0.3) is 11.1 Å². The van der Waals surface area contributed by atoms with Crippen LogP contribution in [0.1, 0.15) is 88.4 Å². The van der Waals surface area contributed by atoms with Gasteiger partial charge in [-0.05, 0) is 54.3 Å². The van der Waals surface area contributed by atoms with Crippen molar-refractivity contribution >= 4 is 5.97 Å². The Labute approximate surface area is 187 Å². The van der Waals surface area contributed by atoms with E-state index in [4.69, 9.17) is 9.47 Å². The molecule has 2 aromatic rings. The van der Waals surface area contributed by atoms with Gasteiger partial charge in [-0.3, -0.25) is 0 Å². The fraction of sp³-hybridized carbons (Fsp3) is 0.519. The van der Waals surface area contributed by atoms with Gasteiger partial charge in [-0.15, -0.1) is 0 Å². The summed E-state index contributed by atoms with van der Waals surface area (Å²) in [6.45, 7) is 5.78. The van der Waals surface area contributed by atoms with Crippen LogP contribution in [-0.2, 0) is 0 Å². The molecule has 2 rings (SSSR count). The molecule has 0 radical (unpaired) electrons. The summed E-state index contributed by atoms with van der Waals surface area (Å²) in [6.07, 6.45) is 11.9. The van der Waals surface area contributed by atoms with Gasteiger partial charge in [0.15, 0.2) is 0 Å². The van der Waals surface area contributed by atoms with Crippen LogP contribution in [0.15, 0.2) is 42.5 Å². The molecule has 0 aliphatic carbocycles. The third kappa shape index (κ3) is 9.04. The van der Waals surface area contributed by atoms with Crippen LogP contribution in [0, 0.1) is 0 Å². The summed E-state index contributed by atoms with van der Waals surface area (Å²) >= 11 is 0. The van der Waals surface area contributed by atoms with Crippen molar-refractivity contribution in [3.05, 3.63) is 48.0 Å². The predicted molar refractivity (Wildman–Crippen MR) is 127 cm³/mol. The first-order valence-corrected chi connectivity index (χ1v) is 11.9. The first-order chi connectivity index (χ1) is 15.2. The maximum absolute atomic E-state index is 11.7. The Balaban J connectivity index is 1.96. The van der Waals surface area contributed by atoms with Crippen molar-refractivity contribution in [3.63, 3.8) is 0 Å². The summed E-state index contributed by atoms with van der Waals surface area (Å²) in [5.41, 5.74) is 1.79. The third-order valence-electron chi connectivity index (χ3n) is 5.42. The van der Waals surface area contributed by atoms with E-state index in [-0.39, 0.29) is 5.56 Å². The van der Waals surface area contributed by atoms with Gasteiger partial charge in [0.25, 0.3) is 0 Å². The van der Waals surface area contributed by atoms with E-state index < -0.39 is 5.97 Å². The van der Waals surface area contributed by atoms with E-state index in [1.165, 1.54) is 51.4 Å². The monoisotopic (exact) mass is 426 g/mol. The van der Waals surface area contributed by atoms with Gasteiger partial charge in [-0.1, -0.05) is 77.3 Å². The van der Waals surface area contributed by atoms with Crippen LogP contribution in [0.3, 0.4) is 0 Å². The molecule has 0 aliphatic heterocycles. The average Bonchev–Trinajstić information content (AvgIpc) is 2.78. The minimum Gasteiger partial charge on any atom is -0.494 e. The first-order valence-electron chi connectivity index (χ1n) is 11.9. The second-order valence-electron chi connectivity index (χ2n) is 8.06. The normalized spacial score (nSPS) is 10.8. The van der Waals surface area contributed by atoms with Gasteiger partial charge in [-0.2, -0.15) is 0 Å². The molecule has 1 N–H and O–H groups in total. The highest BCUT2D eigenvalue weighted by Crippen LogP contribution is 2.30. The summed E-state index contributed by atoms with van der Waals surface area (Å²) in [4.78, 5) is 11.7. The number of carboxylic acids is 1. The Morgan fingerprint density at radius 2 is 1.23 bits per heavy atom. The summed E-state index contributed by atoms with van der Waals surface area (Å²) in [6, 6.07) is 12.9. The minimum atomic E-state index is -0.936. The van der Waals surface area contributed by atoms with Gasteiger partial charge in [0.1, 0.15) is 11.5 Å². The number of carbonyl (C=O) groups is 1. The maximum atomic E-state index is 11.7. The summed E-state index contributed by atoms with van der Waals surface area (Å²) < 4.78 is 11.7. The molecule has 0 amide bonds. The van der Waals surface area contributed by atoms with E-state index in [1.807, 2.05) is 30.3 Å². The molecule has 0 saturated heterocycles. The third-order valence-corrected chi connectivity index (χ3v) is 5.42. The van der Waals surface area contributed by atoms with Gasteiger partial charge in [-0.25, -0.2) is 4.79 Å². The van der Waals surface area contributed by atoms with Crippen molar-refractivity contribution in [2.75, 3.05) is 13.2 Å². The molecule has 0 heterocycles. The molecule has 0 aliphatic rings. The van der Waals surface area contributed by atoms with Gasteiger partial charge in [0.05, 0.1) is 18.8 Å². The number of aromatic carboxylic acids is 1. The number of rotatable bonds is 16. The number of hydrogen-bond acceptors (Lipinski definition) is 3. The molecule has 0 aromatic heterocycles. The zero-order chi connectivity index (χ0) is 22.3. The Hall–Kier alpha value is -2.49. The standard InChI is InChI=1S/C27H38O4/c1-3-5-7-9-10-12-20-31-24-17-18-25(27(28)29)26(21-24)22-13-15-23(16-14-22)30-19-11-8-6-4-2/h13-18,21H,3-12,19-20H2,1-2H3,(H,28,29). The van der Waals surface area contributed by atoms with Crippen LogP contribution in [0.4, 0.5) is 0 Å². The van der Waals surface area contributed by atoms with E-state index in [1.54, 1.807) is 12.1 Å². The van der Waals surface area contributed by atoms with Crippen molar-refractivity contribution in [1.29, 1.82) is 0 Å². The van der Waals surface area contributed by atoms with E-state index in [9.17, 15) is 9.90 Å². The smallest absolute Gasteiger partial charge is 0.336 e. The molecular weight excluding hydrogens is 388 g/mol. The van der Waals surface area contributed by atoms with Crippen LogP contribution in [-0.4, -0.2) is 24.3 Å². The van der Waals surface area contributed by atoms with Crippen molar-refractivity contribution in [2.24, 2.45) is 0 Å². The lowest BCUT2D eigenvalue weighted by Crippen LogP contribution is -2.02. The predicted octanol–water partition coefficient (Wildman–Crippen LogP) is 7.75. The number of benzene rings is 2. The Morgan fingerprint density at radius 3 is 1.84 bits per heavy atom. The van der Waals surface area contributed by atoms with Crippen LogP contribution >= 0.6 is 0 Å². The second kappa shape index (κ2) is 14.5. The molecule has 0 spiro atoms. The van der Waals surface area contributed by atoms with E-state index in [0.717, 1.165) is 24.2 Å². The lowest BCUT2D eigenvalue weighted by molar-refractivity contribution is 0.0697. The second-order valence-corrected chi connectivity index (χ2v) is 8.06. The summed E-state index contributed by atoms with van der Waals surface area (Å²) in [5.74, 6) is 0.589. The highest BCUT2D eigenvalue weighted by atomic mass is 16.5. The molecule has 0 bridgehead atoms. The lowest BCUT2D eigenvalue weighted by atomic mass is 9.99. The molecule has 4 nitrogen and oxygen atoms in total. The fourth-order valence-corrected chi connectivity index (χ4v) is 3.56. The van der Waals surface area contributed by atoms with Crippen LogP contribution in [0.5, 0.6) is 11.5 Å². The highest BCUT2D eigenvalue weighted by Gasteiger charge is 2.13. The van der Waals surface area contributed by atoms with Crippen LogP contribution < -0.4 is 9.47 Å². The van der Waals surface area contributed by atoms with Crippen molar-refractivity contribution in [2.45, 2.75) is 78.1 Å². The molecule has 4 heteroatoms. The highest BCUT2D eigenvalue weighted by molar-refractivity contribution is 5.96. The lowest BCUT2D eigenvalue weighted by Gasteiger charge is -2.12. The summed E-state index contributed by atoms with van der Waals surface area (Å²) in [7, 11) is 0. The Morgan fingerprint density at radius 1 is 0.710 bits per heavy atom. The zero-order valence-corrected chi connectivity index (χ0v) is 19.2. The molecule has 0 unspecified atom stereocenters. The van der Waals surface area contributed by atoms with Gasteiger partial charge in [0.2, 0.25) is 0 Å². The fourth-order valence-electron chi connectivity index (χ4n) is 3.56. The molecule has 0 saturated carbocycles. The molecular formula is C27H38O4. The van der Waals surface area contributed by atoms with E-state index >= 15 is 0 Å². The average molecular weight is 427 g/mol. The van der Waals surface area contributed by atoms with Crippen LogP contribution in [0.2, 0.25) is 0 Å². The maximum Gasteiger partial charge on any atom is 0.336 e. The largest absolute Gasteiger partial charge is 0.494 e. The zero-order valence-electron chi connectivity index (χ0n) is 19.2. The molecule has 2 aromatic carbocycles. The van der Waals surface area contributed by atoms with Crippen molar-refractivity contribution in [1.82, 2.24) is 0 Å². The summed E-state index contributed by atoms with van der Waals surface area (Å²) in [5, 5.41) is 9.61. The Kier molecular flexibility index (Phi) is 11.6. The van der Waals surface area contributed by atoms with Gasteiger partial charge >= 0.3 is 5.97 Å².